The number of nitrogens with one attached hydrogen (secondary N) is 1. The topological polar surface area (TPSA) is 75.6 Å². The summed E-state index contributed by atoms with van der Waals surface area (Å²) in [6.07, 6.45) is 1.01. The number of carbonyl (C=O) groups is 2. The molecule has 1 aromatic heterocycles. The smallest absolute Gasteiger partial charge is 0.305 e. The molecule has 5 nitrogen and oxygen atoms in total. The second-order valence-corrected chi connectivity index (χ2v) is 5.34. The Morgan fingerprint density at radius 1 is 1.44 bits per heavy atom. The molecule has 18 heavy (non-hydrogen) atoms. The van der Waals surface area contributed by atoms with E-state index in [-0.39, 0.29) is 12.3 Å². The monoisotopic (exact) mass is 269 g/mol. The molecule has 0 saturated carbocycles. The Hall–Kier alpha value is -1.40. The molecule has 0 atom stereocenters. The van der Waals surface area contributed by atoms with E-state index in [0.29, 0.717) is 30.9 Å². The van der Waals surface area contributed by atoms with E-state index in [1.165, 1.54) is 11.3 Å². The first kappa shape index (κ1) is 13.0. The lowest BCUT2D eigenvalue weighted by Gasteiger charge is -2.36. The molecule has 0 unspecified atom stereocenters. The highest BCUT2D eigenvalue weighted by atomic mass is 32.1. The van der Waals surface area contributed by atoms with Crippen LogP contribution >= 0.6 is 11.3 Å². The Morgan fingerprint density at radius 2 is 2.17 bits per heavy atom. The van der Waals surface area contributed by atoms with Crippen LogP contribution in [0.15, 0.2) is 17.5 Å². The second-order valence-electron chi connectivity index (χ2n) is 4.39. The quantitative estimate of drug-likeness (QED) is 0.868. The number of thiophene rings is 1. The van der Waals surface area contributed by atoms with E-state index >= 15 is 0 Å². The molecule has 1 amide bonds. The molecule has 1 fully saturated rings. The summed E-state index contributed by atoms with van der Waals surface area (Å²) in [5, 5.41) is 13.7. The first-order valence-corrected chi connectivity index (χ1v) is 6.65. The number of rotatable bonds is 4. The molecule has 0 aliphatic carbocycles. The fraction of sp³-hybridized carbons (Fsp3) is 0.500. The molecule has 0 spiro atoms. The van der Waals surface area contributed by atoms with Crippen molar-refractivity contribution in [3.05, 3.63) is 22.4 Å². The van der Waals surface area contributed by atoms with Gasteiger partial charge in [0, 0.05) is 13.2 Å². The van der Waals surface area contributed by atoms with Gasteiger partial charge in [0.15, 0.2) is 0 Å². The third-order valence-corrected chi connectivity index (χ3v) is 3.93. The predicted molar refractivity (Wildman–Crippen MR) is 66.8 cm³/mol. The number of carbonyl (C=O) groups excluding carboxylic acids is 1. The van der Waals surface area contributed by atoms with Gasteiger partial charge in [-0.2, -0.15) is 0 Å². The van der Waals surface area contributed by atoms with E-state index in [2.05, 4.69) is 5.32 Å². The molecule has 98 valence electrons. The molecule has 0 bridgehead atoms. The van der Waals surface area contributed by atoms with Crippen LogP contribution in [0.1, 0.15) is 28.9 Å². The number of hydrogen-bond donors (Lipinski definition) is 2. The van der Waals surface area contributed by atoms with Crippen molar-refractivity contribution >= 4 is 23.2 Å². The van der Waals surface area contributed by atoms with Crippen molar-refractivity contribution in [2.75, 3.05) is 13.2 Å². The Kier molecular flexibility index (Phi) is 3.98. The maximum Gasteiger partial charge on any atom is 0.305 e. The van der Waals surface area contributed by atoms with Crippen LogP contribution in [0.2, 0.25) is 0 Å². The van der Waals surface area contributed by atoms with Crippen molar-refractivity contribution < 1.29 is 19.4 Å². The molecule has 1 aliphatic rings. The largest absolute Gasteiger partial charge is 0.481 e. The van der Waals surface area contributed by atoms with Crippen LogP contribution < -0.4 is 5.32 Å². The Balaban J connectivity index is 2.09. The van der Waals surface area contributed by atoms with Crippen molar-refractivity contribution in [2.24, 2.45) is 0 Å². The Bertz CT molecular complexity index is 423. The number of ether oxygens (including phenoxy) is 1. The molecule has 2 heterocycles. The molecule has 1 aromatic rings. The second kappa shape index (κ2) is 5.49. The van der Waals surface area contributed by atoms with Crippen LogP contribution in [0.5, 0.6) is 0 Å². The zero-order valence-electron chi connectivity index (χ0n) is 9.85. The number of aliphatic carboxylic acids is 1. The Morgan fingerprint density at radius 3 is 2.72 bits per heavy atom. The van der Waals surface area contributed by atoms with Gasteiger partial charge in [-0.1, -0.05) is 6.07 Å². The summed E-state index contributed by atoms with van der Waals surface area (Å²) in [5.74, 6) is -1.10. The summed E-state index contributed by atoms with van der Waals surface area (Å²) in [4.78, 5) is 23.6. The van der Waals surface area contributed by atoms with E-state index in [0.717, 1.165) is 0 Å². The summed E-state index contributed by atoms with van der Waals surface area (Å²) in [5.41, 5.74) is -0.675. The SMILES string of the molecule is O=C(O)CC1(NC(=O)c2cccs2)CCOCC1. The minimum Gasteiger partial charge on any atom is -0.481 e. The molecule has 0 aromatic carbocycles. The highest BCUT2D eigenvalue weighted by Gasteiger charge is 2.36. The highest BCUT2D eigenvalue weighted by molar-refractivity contribution is 7.12. The van der Waals surface area contributed by atoms with E-state index in [9.17, 15) is 9.59 Å². The van der Waals surface area contributed by atoms with E-state index < -0.39 is 11.5 Å². The average Bonchev–Trinajstić information content (AvgIpc) is 2.82. The number of carboxylic acids is 1. The van der Waals surface area contributed by atoms with Crippen LogP contribution in [-0.4, -0.2) is 35.7 Å². The summed E-state index contributed by atoms with van der Waals surface area (Å²) < 4.78 is 5.24. The molecular formula is C12H15NO4S. The lowest BCUT2D eigenvalue weighted by molar-refractivity contribution is -0.139. The van der Waals surface area contributed by atoms with Gasteiger partial charge in [-0.15, -0.1) is 11.3 Å². The Labute approximate surface area is 109 Å². The summed E-state index contributed by atoms with van der Waals surface area (Å²) in [6.45, 7) is 0.968. The maximum atomic E-state index is 12.0. The van der Waals surface area contributed by atoms with Gasteiger partial charge in [-0.25, -0.2) is 0 Å². The van der Waals surface area contributed by atoms with Crippen molar-refractivity contribution in [1.29, 1.82) is 0 Å². The van der Waals surface area contributed by atoms with Crippen molar-refractivity contribution in [3.8, 4) is 0 Å². The van der Waals surface area contributed by atoms with Crippen molar-refractivity contribution in [2.45, 2.75) is 24.8 Å². The van der Waals surface area contributed by atoms with E-state index in [1.54, 1.807) is 12.1 Å². The van der Waals surface area contributed by atoms with Crippen LogP contribution in [0.4, 0.5) is 0 Å². The van der Waals surface area contributed by atoms with Gasteiger partial charge in [-0.05, 0) is 24.3 Å². The fourth-order valence-corrected chi connectivity index (χ4v) is 2.73. The maximum absolute atomic E-state index is 12.0. The molecule has 1 aliphatic heterocycles. The number of hydrogen-bond acceptors (Lipinski definition) is 4. The minimum atomic E-state index is -0.900. The normalized spacial score (nSPS) is 18.2. The van der Waals surface area contributed by atoms with Gasteiger partial charge in [0.05, 0.1) is 16.8 Å². The molecule has 1 saturated heterocycles. The molecule has 2 N–H and O–H groups in total. The summed E-state index contributed by atoms with van der Waals surface area (Å²) in [6, 6.07) is 3.53. The van der Waals surface area contributed by atoms with E-state index in [4.69, 9.17) is 9.84 Å². The van der Waals surface area contributed by atoms with Gasteiger partial charge >= 0.3 is 5.97 Å². The first-order chi connectivity index (χ1) is 8.61. The third-order valence-electron chi connectivity index (χ3n) is 3.06. The van der Waals surface area contributed by atoms with Gasteiger partial charge in [-0.3, -0.25) is 9.59 Å². The predicted octanol–water partition coefficient (Wildman–Crippen LogP) is 1.50. The average molecular weight is 269 g/mol. The van der Waals surface area contributed by atoms with Crippen LogP contribution in [0.3, 0.4) is 0 Å². The van der Waals surface area contributed by atoms with Crippen LogP contribution in [-0.2, 0) is 9.53 Å². The van der Waals surface area contributed by atoms with Gasteiger partial charge in [0.1, 0.15) is 0 Å². The third kappa shape index (κ3) is 3.08. The molecule has 0 radical (unpaired) electrons. The summed E-state index contributed by atoms with van der Waals surface area (Å²) >= 11 is 1.35. The number of amides is 1. The fourth-order valence-electron chi connectivity index (χ4n) is 2.11. The highest BCUT2D eigenvalue weighted by Crippen LogP contribution is 2.25. The van der Waals surface area contributed by atoms with E-state index in [1.807, 2.05) is 5.38 Å². The number of carboxylic acid groups (broad SMARTS) is 1. The van der Waals surface area contributed by atoms with Gasteiger partial charge < -0.3 is 15.2 Å². The standard InChI is InChI=1S/C12H15NO4S/c14-10(15)8-12(3-5-17-6-4-12)13-11(16)9-2-1-7-18-9/h1-2,7H,3-6,8H2,(H,13,16)(H,14,15). The first-order valence-electron chi connectivity index (χ1n) is 5.77. The molecule has 6 heteroatoms. The molecular weight excluding hydrogens is 254 g/mol. The van der Waals surface area contributed by atoms with Crippen LogP contribution in [0, 0.1) is 0 Å². The molecule has 2 rings (SSSR count). The van der Waals surface area contributed by atoms with Crippen LogP contribution in [0.25, 0.3) is 0 Å². The van der Waals surface area contributed by atoms with Crippen molar-refractivity contribution in [1.82, 2.24) is 5.32 Å². The van der Waals surface area contributed by atoms with Crippen molar-refractivity contribution in [3.63, 3.8) is 0 Å². The minimum absolute atomic E-state index is 0.0620. The zero-order chi connectivity index (χ0) is 13.0. The summed E-state index contributed by atoms with van der Waals surface area (Å²) in [7, 11) is 0. The lowest BCUT2D eigenvalue weighted by atomic mass is 9.86. The van der Waals surface area contributed by atoms with Gasteiger partial charge in [0.25, 0.3) is 5.91 Å². The van der Waals surface area contributed by atoms with Gasteiger partial charge in [0.2, 0.25) is 0 Å². The lowest BCUT2D eigenvalue weighted by Crippen LogP contribution is -2.53. The zero-order valence-corrected chi connectivity index (χ0v) is 10.7.